The summed E-state index contributed by atoms with van der Waals surface area (Å²) in [4.78, 5) is 2.49. The van der Waals surface area contributed by atoms with Gasteiger partial charge in [-0.1, -0.05) is 55.0 Å². The van der Waals surface area contributed by atoms with Gasteiger partial charge in [0.15, 0.2) is 0 Å². The van der Waals surface area contributed by atoms with E-state index >= 15 is 0 Å². The second-order valence-corrected chi connectivity index (χ2v) is 6.61. The van der Waals surface area contributed by atoms with E-state index in [2.05, 4.69) is 44.0 Å². The molecule has 1 saturated carbocycles. The van der Waals surface area contributed by atoms with E-state index in [0.29, 0.717) is 0 Å². The minimum absolute atomic E-state index is 0.127. The van der Waals surface area contributed by atoms with Crippen molar-refractivity contribution in [2.24, 2.45) is 5.73 Å². The first kappa shape index (κ1) is 15.5. The number of rotatable bonds is 4. The second-order valence-electron chi connectivity index (χ2n) is 6.61. The monoisotopic (exact) mass is 274 g/mol. The number of aryl methyl sites for hydroxylation is 2. The highest BCUT2D eigenvalue weighted by Crippen LogP contribution is 2.23. The maximum Gasteiger partial charge on any atom is 0.0424 e. The highest BCUT2D eigenvalue weighted by Gasteiger charge is 2.19. The zero-order chi connectivity index (χ0) is 14.5. The standard InChI is InChI=1S/C18H30N2/c1-14-10-15(2)12-16(11-14)18(19)13-20(3)17-8-6-4-5-7-9-17/h10-12,17-18H,4-9,13,19H2,1-3H3. The van der Waals surface area contributed by atoms with Crippen molar-refractivity contribution < 1.29 is 0 Å². The fourth-order valence-electron chi connectivity index (χ4n) is 3.49. The van der Waals surface area contributed by atoms with Gasteiger partial charge in [-0.25, -0.2) is 0 Å². The normalized spacial score (nSPS) is 19.1. The minimum Gasteiger partial charge on any atom is -0.323 e. The van der Waals surface area contributed by atoms with Crippen LogP contribution in [0.15, 0.2) is 18.2 Å². The van der Waals surface area contributed by atoms with Crippen LogP contribution in [-0.2, 0) is 0 Å². The molecule has 1 aliphatic carbocycles. The van der Waals surface area contributed by atoms with E-state index in [-0.39, 0.29) is 6.04 Å². The number of hydrogen-bond donors (Lipinski definition) is 1. The molecule has 1 aliphatic rings. The smallest absolute Gasteiger partial charge is 0.0424 e. The molecule has 0 saturated heterocycles. The SMILES string of the molecule is Cc1cc(C)cc(C(N)CN(C)C2CCCCCC2)c1. The van der Waals surface area contributed by atoms with E-state index in [4.69, 9.17) is 5.73 Å². The van der Waals surface area contributed by atoms with Crippen molar-refractivity contribution in [2.75, 3.05) is 13.6 Å². The molecule has 1 aromatic rings. The summed E-state index contributed by atoms with van der Waals surface area (Å²) in [6, 6.07) is 7.54. The Morgan fingerprint density at radius 2 is 1.60 bits per heavy atom. The molecular formula is C18H30N2. The van der Waals surface area contributed by atoms with Gasteiger partial charge in [0.25, 0.3) is 0 Å². The molecule has 0 heterocycles. The molecule has 20 heavy (non-hydrogen) atoms. The number of nitrogens with zero attached hydrogens (tertiary/aromatic N) is 1. The van der Waals surface area contributed by atoms with Gasteiger partial charge in [-0.2, -0.15) is 0 Å². The minimum atomic E-state index is 0.127. The van der Waals surface area contributed by atoms with Crippen LogP contribution < -0.4 is 5.73 Å². The van der Waals surface area contributed by atoms with Crippen molar-refractivity contribution in [1.82, 2.24) is 4.90 Å². The molecule has 0 aromatic heterocycles. The molecule has 0 amide bonds. The summed E-state index contributed by atoms with van der Waals surface area (Å²) in [5, 5.41) is 0. The molecule has 1 fully saturated rings. The van der Waals surface area contributed by atoms with E-state index in [0.717, 1.165) is 12.6 Å². The fraction of sp³-hybridized carbons (Fsp3) is 0.667. The molecule has 0 spiro atoms. The Labute approximate surface area is 124 Å². The largest absolute Gasteiger partial charge is 0.323 e. The van der Waals surface area contributed by atoms with Crippen molar-refractivity contribution in [1.29, 1.82) is 0 Å². The van der Waals surface area contributed by atoms with Gasteiger partial charge < -0.3 is 10.6 Å². The predicted octanol–water partition coefficient (Wildman–Crippen LogP) is 3.96. The van der Waals surface area contributed by atoms with Crippen LogP contribution in [0.4, 0.5) is 0 Å². The fourth-order valence-corrected chi connectivity index (χ4v) is 3.49. The number of nitrogens with two attached hydrogens (primary N) is 1. The van der Waals surface area contributed by atoms with E-state index in [1.807, 2.05) is 0 Å². The highest BCUT2D eigenvalue weighted by molar-refractivity contribution is 5.30. The summed E-state index contributed by atoms with van der Waals surface area (Å²) in [6.07, 6.45) is 8.27. The Kier molecular flexibility index (Phi) is 5.62. The third-order valence-electron chi connectivity index (χ3n) is 4.60. The summed E-state index contributed by atoms with van der Waals surface area (Å²) in [7, 11) is 2.25. The summed E-state index contributed by atoms with van der Waals surface area (Å²) >= 11 is 0. The van der Waals surface area contributed by atoms with Crippen LogP contribution in [0, 0.1) is 13.8 Å². The summed E-state index contributed by atoms with van der Waals surface area (Å²) in [5.74, 6) is 0. The van der Waals surface area contributed by atoms with Crippen LogP contribution in [0.1, 0.15) is 61.3 Å². The van der Waals surface area contributed by atoms with E-state index in [9.17, 15) is 0 Å². The zero-order valence-corrected chi connectivity index (χ0v) is 13.4. The number of hydrogen-bond acceptors (Lipinski definition) is 2. The lowest BCUT2D eigenvalue weighted by molar-refractivity contribution is 0.209. The van der Waals surface area contributed by atoms with Gasteiger partial charge in [0, 0.05) is 18.6 Å². The third-order valence-corrected chi connectivity index (χ3v) is 4.60. The molecule has 1 atom stereocenters. The first-order chi connectivity index (χ1) is 9.56. The average Bonchev–Trinajstić information content (AvgIpc) is 2.66. The molecule has 1 aromatic carbocycles. The van der Waals surface area contributed by atoms with Crippen LogP contribution in [0.5, 0.6) is 0 Å². The van der Waals surface area contributed by atoms with E-state index < -0.39 is 0 Å². The predicted molar refractivity (Wildman–Crippen MR) is 87.0 cm³/mol. The zero-order valence-electron chi connectivity index (χ0n) is 13.4. The van der Waals surface area contributed by atoms with Crippen LogP contribution in [0.25, 0.3) is 0 Å². The Morgan fingerprint density at radius 1 is 1.05 bits per heavy atom. The van der Waals surface area contributed by atoms with Crippen molar-refractivity contribution in [3.63, 3.8) is 0 Å². The lowest BCUT2D eigenvalue weighted by Crippen LogP contribution is -2.37. The maximum atomic E-state index is 6.44. The van der Waals surface area contributed by atoms with E-state index in [1.54, 1.807) is 0 Å². The van der Waals surface area contributed by atoms with Gasteiger partial charge in [-0.3, -0.25) is 0 Å². The number of likely N-dealkylation sites (N-methyl/N-ethyl adjacent to an activating group) is 1. The number of benzene rings is 1. The topological polar surface area (TPSA) is 29.3 Å². The highest BCUT2D eigenvalue weighted by atomic mass is 15.1. The van der Waals surface area contributed by atoms with E-state index in [1.165, 1.54) is 55.2 Å². The molecule has 2 heteroatoms. The summed E-state index contributed by atoms with van der Waals surface area (Å²) < 4.78 is 0. The van der Waals surface area contributed by atoms with Crippen molar-refractivity contribution in [2.45, 2.75) is 64.5 Å². The molecule has 1 unspecified atom stereocenters. The Morgan fingerprint density at radius 3 is 2.15 bits per heavy atom. The Hall–Kier alpha value is -0.860. The maximum absolute atomic E-state index is 6.44. The lowest BCUT2D eigenvalue weighted by atomic mass is 10.0. The molecular weight excluding hydrogens is 244 g/mol. The van der Waals surface area contributed by atoms with Crippen molar-refractivity contribution in [3.8, 4) is 0 Å². The van der Waals surface area contributed by atoms with Crippen molar-refractivity contribution >= 4 is 0 Å². The summed E-state index contributed by atoms with van der Waals surface area (Å²) in [6.45, 7) is 5.27. The quantitative estimate of drug-likeness (QED) is 0.842. The van der Waals surface area contributed by atoms with Gasteiger partial charge in [0.05, 0.1) is 0 Å². The van der Waals surface area contributed by atoms with Gasteiger partial charge in [-0.15, -0.1) is 0 Å². The van der Waals surface area contributed by atoms with Crippen LogP contribution in [0.3, 0.4) is 0 Å². The lowest BCUT2D eigenvalue weighted by Gasteiger charge is -2.29. The van der Waals surface area contributed by atoms with Crippen molar-refractivity contribution in [3.05, 3.63) is 34.9 Å². The van der Waals surface area contributed by atoms with Crippen LogP contribution >= 0.6 is 0 Å². The Bertz CT molecular complexity index is 399. The molecule has 2 nitrogen and oxygen atoms in total. The Balaban J connectivity index is 1.97. The molecule has 0 aliphatic heterocycles. The third kappa shape index (κ3) is 4.32. The molecule has 2 rings (SSSR count). The summed E-state index contributed by atoms with van der Waals surface area (Å²) in [5.41, 5.74) is 10.3. The van der Waals surface area contributed by atoms with Gasteiger partial charge in [0.1, 0.15) is 0 Å². The van der Waals surface area contributed by atoms with Crippen LogP contribution in [-0.4, -0.2) is 24.5 Å². The van der Waals surface area contributed by atoms with Crippen LogP contribution in [0.2, 0.25) is 0 Å². The van der Waals surface area contributed by atoms with Gasteiger partial charge in [0.2, 0.25) is 0 Å². The molecule has 2 N–H and O–H groups in total. The first-order valence-electron chi connectivity index (χ1n) is 8.10. The molecule has 0 radical (unpaired) electrons. The molecule has 112 valence electrons. The van der Waals surface area contributed by atoms with Gasteiger partial charge >= 0.3 is 0 Å². The van der Waals surface area contributed by atoms with Gasteiger partial charge in [-0.05, 0) is 39.3 Å². The molecule has 0 bridgehead atoms. The average molecular weight is 274 g/mol. The second kappa shape index (κ2) is 7.24. The first-order valence-corrected chi connectivity index (χ1v) is 8.10.